The molecule has 1 saturated carbocycles. The first-order valence-electron chi connectivity index (χ1n) is 13.6. The van der Waals surface area contributed by atoms with Gasteiger partial charge in [-0.25, -0.2) is 10.3 Å². The van der Waals surface area contributed by atoms with Gasteiger partial charge in [0.25, 0.3) is 11.8 Å². The first-order valence-corrected chi connectivity index (χ1v) is 13.6. The second kappa shape index (κ2) is 13.7. The van der Waals surface area contributed by atoms with E-state index in [0.29, 0.717) is 50.0 Å². The van der Waals surface area contributed by atoms with Crippen LogP contribution in [0.25, 0.3) is 10.9 Å². The molecule has 212 valence electrons. The molecule has 3 amide bonds. The van der Waals surface area contributed by atoms with Gasteiger partial charge in [0.2, 0.25) is 0 Å². The second-order valence-corrected chi connectivity index (χ2v) is 10.0. The average molecular weight is 549 g/mol. The van der Waals surface area contributed by atoms with Crippen LogP contribution in [0.5, 0.6) is 5.75 Å². The molecular formula is C30H36N4O6. The molecule has 4 rings (SSSR count). The fraction of sp³-hybridized carbons (Fsp3) is 0.400. The molecule has 0 unspecified atom stereocenters. The van der Waals surface area contributed by atoms with Gasteiger partial charge < -0.3 is 14.8 Å². The van der Waals surface area contributed by atoms with Crippen molar-refractivity contribution < 1.29 is 29.1 Å². The summed E-state index contributed by atoms with van der Waals surface area (Å²) < 4.78 is 11.2. The molecule has 1 aliphatic carbocycles. The van der Waals surface area contributed by atoms with E-state index in [9.17, 15) is 14.4 Å². The van der Waals surface area contributed by atoms with Crippen LogP contribution in [-0.4, -0.2) is 58.2 Å². The quantitative estimate of drug-likeness (QED) is 0.251. The van der Waals surface area contributed by atoms with Crippen molar-refractivity contribution >= 4 is 28.8 Å². The van der Waals surface area contributed by atoms with Gasteiger partial charge in [0.05, 0.1) is 12.1 Å². The maximum absolute atomic E-state index is 12.9. The van der Waals surface area contributed by atoms with Crippen molar-refractivity contribution in [3.05, 3.63) is 71.4 Å². The van der Waals surface area contributed by atoms with Crippen LogP contribution < -0.4 is 15.5 Å². The summed E-state index contributed by atoms with van der Waals surface area (Å²) in [5.41, 5.74) is 5.01. The van der Waals surface area contributed by atoms with Gasteiger partial charge >= 0.3 is 6.09 Å². The number of pyridine rings is 1. The largest absolute Gasteiger partial charge is 0.489 e. The van der Waals surface area contributed by atoms with Gasteiger partial charge in [-0.15, -0.1) is 0 Å². The van der Waals surface area contributed by atoms with Crippen molar-refractivity contribution in [2.45, 2.75) is 64.6 Å². The second-order valence-electron chi connectivity index (χ2n) is 10.0. The van der Waals surface area contributed by atoms with E-state index in [-0.39, 0.29) is 31.1 Å². The number of nitrogens with zero attached hydrogens (tertiary/aromatic N) is 2. The Morgan fingerprint density at radius 3 is 2.48 bits per heavy atom. The number of benzene rings is 2. The van der Waals surface area contributed by atoms with Crippen LogP contribution in [-0.2, 0) is 16.1 Å². The Bertz CT molecular complexity index is 1320. The molecular weight excluding hydrogens is 512 g/mol. The molecule has 2 aromatic carbocycles. The molecule has 0 bridgehead atoms. The van der Waals surface area contributed by atoms with Gasteiger partial charge in [0.1, 0.15) is 18.9 Å². The predicted molar refractivity (Wildman–Crippen MR) is 149 cm³/mol. The molecule has 0 spiro atoms. The highest BCUT2D eigenvalue weighted by Crippen LogP contribution is 2.25. The normalized spacial score (nSPS) is 16.7. The lowest BCUT2D eigenvalue weighted by Gasteiger charge is -2.36. The van der Waals surface area contributed by atoms with Gasteiger partial charge in [-0.3, -0.25) is 24.7 Å². The number of rotatable bonds is 10. The van der Waals surface area contributed by atoms with Crippen LogP contribution in [0.15, 0.2) is 54.6 Å². The molecule has 10 heteroatoms. The number of aryl methyl sites for hydroxylation is 1. The monoisotopic (exact) mass is 548 g/mol. The lowest BCUT2D eigenvalue weighted by Crippen LogP contribution is -2.49. The zero-order valence-corrected chi connectivity index (χ0v) is 22.9. The Kier molecular flexibility index (Phi) is 9.91. The SMILES string of the molecule is CCCOC(=O)N(CC(=O)NO)C1CCC(NC(=O)c2ccc(OCc3cc(C)nc4ccccc34)cc2)CC1. The standard InChI is InChI=1S/C30H36N4O6/c1-3-16-39-30(37)34(18-28(35)33-38)24-12-10-23(11-13-24)32-29(36)21-8-14-25(15-9-21)40-19-22-17-20(2)31-27-7-5-4-6-26(22)27/h4-9,14-15,17,23-24,38H,3,10-13,16,18-19H2,1-2H3,(H,32,36)(H,33,35). The van der Waals surface area contributed by atoms with E-state index in [1.807, 2.05) is 44.2 Å². The molecule has 1 heterocycles. The summed E-state index contributed by atoms with van der Waals surface area (Å²) >= 11 is 0. The number of carbonyl (C=O) groups is 3. The number of nitrogens with one attached hydrogen (secondary N) is 2. The third kappa shape index (κ3) is 7.47. The van der Waals surface area contributed by atoms with E-state index < -0.39 is 12.0 Å². The fourth-order valence-electron chi connectivity index (χ4n) is 4.98. The molecule has 0 atom stereocenters. The van der Waals surface area contributed by atoms with Crippen molar-refractivity contribution in [3.63, 3.8) is 0 Å². The zero-order chi connectivity index (χ0) is 28.5. The summed E-state index contributed by atoms with van der Waals surface area (Å²) in [7, 11) is 0. The number of hydrogen-bond acceptors (Lipinski definition) is 7. The molecule has 0 radical (unpaired) electrons. The van der Waals surface area contributed by atoms with E-state index in [1.54, 1.807) is 29.7 Å². The van der Waals surface area contributed by atoms with E-state index in [1.165, 1.54) is 4.90 Å². The van der Waals surface area contributed by atoms with Crippen LogP contribution >= 0.6 is 0 Å². The summed E-state index contributed by atoms with van der Waals surface area (Å²) in [6.07, 6.45) is 2.58. The van der Waals surface area contributed by atoms with E-state index in [2.05, 4.69) is 10.3 Å². The maximum Gasteiger partial charge on any atom is 0.410 e. The molecule has 0 aliphatic heterocycles. The van der Waals surface area contributed by atoms with Gasteiger partial charge in [-0.1, -0.05) is 25.1 Å². The Morgan fingerprint density at radius 1 is 1.05 bits per heavy atom. The van der Waals surface area contributed by atoms with Crippen LogP contribution in [0.1, 0.15) is 60.6 Å². The number of hydrogen-bond donors (Lipinski definition) is 3. The average Bonchev–Trinajstić information content (AvgIpc) is 2.97. The number of carbonyl (C=O) groups excluding carboxylic acids is 3. The topological polar surface area (TPSA) is 130 Å². The number of amides is 3. The highest BCUT2D eigenvalue weighted by molar-refractivity contribution is 5.94. The molecule has 1 aliphatic rings. The summed E-state index contributed by atoms with van der Waals surface area (Å²) in [6, 6.07) is 16.8. The number of aromatic nitrogens is 1. The molecule has 40 heavy (non-hydrogen) atoms. The number of fused-ring (bicyclic) bond motifs is 1. The molecule has 3 N–H and O–H groups in total. The van der Waals surface area contributed by atoms with Crippen LogP contribution in [0.2, 0.25) is 0 Å². The van der Waals surface area contributed by atoms with Gasteiger partial charge in [-0.2, -0.15) is 0 Å². The van der Waals surface area contributed by atoms with Crippen molar-refractivity contribution in [1.82, 2.24) is 20.7 Å². The Labute approximate surface area is 233 Å². The molecule has 3 aromatic rings. The molecule has 10 nitrogen and oxygen atoms in total. The summed E-state index contributed by atoms with van der Waals surface area (Å²) in [6.45, 7) is 4.21. The van der Waals surface area contributed by atoms with Gasteiger partial charge in [-0.05, 0) is 75.4 Å². The van der Waals surface area contributed by atoms with E-state index in [0.717, 1.165) is 22.2 Å². The Hall–Kier alpha value is -4.18. The van der Waals surface area contributed by atoms with Crippen LogP contribution in [0, 0.1) is 6.92 Å². The van der Waals surface area contributed by atoms with Crippen molar-refractivity contribution in [3.8, 4) is 5.75 Å². The van der Waals surface area contributed by atoms with Gasteiger partial charge in [0.15, 0.2) is 0 Å². The number of ether oxygens (including phenoxy) is 2. The lowest BCUT2D eigenvalue weighted by molar-refractivity contribution is -0.130. The van der Waals surface area contributed by atoms with Gasteiger partial charge in [0, 0.05) is 34.3 Å². The maximum atomic E-state index is 12.9. The van der Waals surface area contributed by atoms with Crippen LogP contribution in [0.4, 0.5) is 4.79 Å². The summed E-state index contributed by atoms with van der Waals surface area (Å²) in [5.74, 6) is -0.192. The highest BCUT2D eigenvalue weighted by Gasteiger charge is 2.31. The summed E-state index contributed by atoms with van der Waals surface area (Å²) in [5, 5.41) is 13.0. The van der Waals surface area contributed by atoms with E-state index in [4.69, 9.17) is 14.7 Å². The molecule has 0 saturated heterocycles. The van der Waals surface area contributed by atoms with Crippen molar-refractivity contribution in [2.75, 3.05) is 13.2 Å². The fourth-order valence-corrected chi connectivity index (χ4v) is 4.98. The Morgan fingerprint density at radius 2 is 1.77 bits per heavy atom. The minimum absolute atomic E-state index is 0.0527. The Balaban J connectivity index is 1.29. The highest BCUT2D eigenvalue weighted by atomic mass is 16.6. The minimum Gasteiger partial charge on any atom is -0.489 e. The number of hydroxylamine groups is 1. The predicted octanol–water partition coefficient (Wildman–Crippen LogP) is 4.52. The third-order valence-corrected chi connectivity index (χ3v) is 7.02. The van der Waals surface area contributed by atoms with Crippen LogP contribution in [0.3, 0.4) is 0 Å². The smallest absolute Gasteiger partial charge is 0.410 e. The molecule has 1 fully saturated rings. The third-order valence-electron chi connectivity index (χ3n) is 7.02. The number of para-hydroxylation sites is 1. The minimum atomic E-state index is -0.680. The first-order chi connectivity index (χ1) is 19.4. The zero-order valence-electron chi connectivity index (χ0n) is 22.9. The van der Waals surface area contributed by atoms with Crippen molar-refractivity contribution in [2.24, 2.45) is 0 Å². The summed E-state index contributed by atoms with van der Waals surface area (Å²) in [4.78, 5) is 43.0. The first kappa shape index (κ1) is 28.8. The van der Waals surface area contributed by atoms with E-state index >= 15 is 0 Å². The van der Waals surface area contributed by atoms with Crippen molar-refractivity contribution in [1.29, 1.82) is 0 Å². The lowest BCUT2D eigenvalue weighted by atomic mass is 9.90. The molecule has 1 aromatic heterocycles.